The Balaban J connectivity index is 1.83. The Morgan fingerprint density at radius 2 is 2.33 bits per heavy atom. The molecule has 2 aliphatic rings. The van der Waals surface area contributed by atoms with Crippen LogP contribution in [0, 0.1) is 17.8 Å². The maximum atomic E-state index is 11.0. The average Bonchev–Trinajstić information content (AvgIpc) is 2.84. The molecule has 2 nitrogen and oxygen atoms in total. The van der Waals surface area contributed by atoms with E-state index in [0.717, 1.165) is 11.8 Å². The average molecular weight is 168 g/mol. The van der Waals surface area contributed by atoms with Crippen molar-refractivity contribution in [1.29, 1.82) is 0 Å². The zero-order chi connectivity index (χ0) is 8.55. The van der Waals surface area contributed by atoms with Crippen LogP contribution in [0.1, 0.15) is 32.1 Å². The zero-order valence-electron chi connectivity index (χ0n) is 7.58. The highest BCUT2D eigenvalue weighted by molar-refractivity contribution is 5.69. The highest BCUT2D eigenvalue weighted by atomic mass is 16.5. The Bertz CT molecular complexity index is 188. The van der Waals surface area contributed by atoms with Crippen LogP contribution in [0.5, 0.6) is 0 Å². The maximum absolute atomic E-state index is 11.0. The molecule has 0 radical (unpaired) electrons. The molecular formula is C10H16O2. The number of hydrogen-bond donors (Lipinski definition) is 0. The van der Waals surface area contributed by atoms with Gasteiger partial charge in [-0.25, -0.2) is 0 Å². The summed E-state index contributed by atoms with van der Waals surface area (Å²) in [6.07, 6.45) is 6.01. The second-order valence-electron chi connectivity index (χ2n) is 4.13. The number of methoxy groups -OCH3 is 1. The molecule has 2 heteroatoms. The fraction of sp³-hybridized carbons (Fsp3) is 0.900. The molecule has 0 aliphatic heterocycles. The number of esters is 1. The first-order chi connectivity index (χ1) is 5.81. The van der Waals surface area contributed by atoms with E-state index in [2.05, 4.69) is 4.74 Å². The largest absolute Gasteiger partial charge is 0.469 e. The highest BCUT2D eigenvalue weighted by Gasteiger charge is 2.45. The van der Waals surface area contributed by atoms with Crippen LogP contribution in [-0.4, -0.2) is 13.1 Å². The number of carbonyl (C=O) groups is 1. The smallest absolute Gasteiger partial charge is 0.305 e. The number of ether oxygens (including phenoxy) is 1. The van der Waals surface area contributed by atoms with E-state index in [9.17, 15) is 4.79 Å². The van der Waals surface area contributed by atoms with Crippen LogP contribution in [-0.2, 0) is 9.53 Å². The number of hydrogen-bond acceptors (Lipinski definition) is 2. The third-order valence-electron chi connectivity index (χ3n) is 3.39. The fourth-order valence-corrected chi connectivity index (χ4v) is 2.59. The molecule has 0 aromatic carbocycles. The van der Waals surface area contributed by atoms with Crippen LogP contribution < -0.4 is 0 Å². The van der Waals surface area contributed by atoms with E-state index < -0.39 is 0 Å². The van der Waals surface area contributed by atoms with Crippen LogP contribution in [0.2, 0.25) is 0 Å². The number of rotatable bonds is 2. The molecule has 0 saturated heterocycles. The highest BCUT2D eigenvalue weighted by Crippen LogP contribution is 2.53. The minimum atomic E-state index is -0.0208. The van der Waals surface area contributed by atoms with Crippen LogP contribution >= 0.6 is 0 Å². The van der Waals surface area contributed by atoms with Gasteiger partial charge in [-0.3, -0.25) is 4.79 Å². The summed E-state index contributed by atoms with van der Waals surface area (Å²) in [4.78, 5) is 11.0. The minimum Gasteiger partial charge on any atom is -0.469 e. The van der Waals surface area contributed by atoms with Crippen LogP contribution in [0.3, 0.4) is 0 Å². The molecule has 2 aliphatic carbocycles. The van der Waals surface area contributed by atoms with Gasteiger partial charge in [0.05, 0.1) is 7.11 Å². The first-order valence-corrected chi connectivity index (χ1v) is 4.88. The third-order valence-corrected chi connectivity index (χ3v) is 3.39. The second-order valence-corrected chi connectivity index (χ2v) is 4.13. The predicted octanol–water partition coefficient (Wildman–Crippen LogP) is 1.99. The van der Waals surface area contributed by atoms with E-state index in [-0.39, 0.29) is 5.97 Å². The summed E-state index contributed by atoms with van der Waals surface area (Å²) in [6.45, 7) is 0. The number of carbonyl (C=O) groups excluding carboxylic acids is 1. The van der Waals surface area contributed by atoms with Gasteiger partial charge in [-0.1, -0.05) is 12.8 Å². The van der Waals surface area contributed by atoms with E-state index in [1.54, 1.807) is 0 Å². The van der Waals surface area contributed by atoms with Crippen molar-refractivity contribution in [3.05, 3.63) is 0 Å². The molecule has 2 fully saturated rings. The van der Waals surface area contributed by atoms with Crippen LogP contribution in [0.4, 0.5) is 0 Å². The first kappa shape index (κ1) is 8.09. The topological polar surface area (TPSA) is 26.3 Å². The van der Waals surface area contributed by atoms with Gasteiger partial charge in [-0.2, -0.15) is 0 Å². The lowest BCUT2D eigenvalue weighted by molar-refractivity contribution is -0.142. The first-order valence-electron chi connectivity index (χ1n) is 4.88. The van der Waals surface area contributed by atoms with Gasteiger partial charge in [0.15, 0.2) is 0 Å². The van der Waals surface area contributed by atoms with E-state index in [4.69, 9.17) is 0 Å². The lowest BCUT2D eigenvalue weighted by Crippen LogP contribution is -2.15. The molecule has 3 unspecified atom stereocenters. The molecule has 68 valence electrons. The summed E-state index contributed by atoms with van der Waals surface area (Å²) in [5.74, 6) is 2.47. The van der Waals surface area contributed by atoms with Crippen molar-refractivity contribution < 1.29 is 9.53 Å². The van der Waals surface area contributed by atoms with Crippen LogP contribution in [0.15, 0.2) is 0 Å². The van der Waals surface area contributed by atoms with Gasteiger partial charge >= 0.3 is 5.97 Å². The molecule has 0 aromatic heterocycles. The third kappa shape index (κ3) is 1.47. The molecule has 2 rings (SSSR count). The van der Waals surface area contributed by atoms with E-state index in [1.807, 2.05) is 0 Å². The standard InChI is InChI=1S/C10H16O2/c1-12-10(11)6-8-4-2-3-7-5-9(7)8/h7-9H,2-6H2,1H3. The summed E-state index contributed by atoms with van der Waals surface area (Å²) in [5.41, 5.74) is 0. The van der Waals surface area contributed by atoms with Crippen molar-refractivity contribution in [1.82, 2.24) is 0 Å². The molecule has 0 aromatic rings. The van der Waals surface area contributed by atoms with Gasteiger partial charge in [0.1, 0.15) is 0 Å². The van der Waals surface area contributed by atoms with Gasteiger partial charge in [-0.15, -0.1) is 0 Å². The predicted molar refractivity (Wildman–Crippen MR) is 45.6 cm³/mol. The Morgan fingerprint density at radius 1 is 1.50 bits per heavy atom. The molecule has 0 spiro atoms. The van der Waals surface area contributed by atoms with Gasteiger partial charge in [0.2, 0.25) is 0 Å². The van der Waals surface area contributed by atoms with Crippen molar-refractivity contribution in [3.8, 4) is 0 Å². The van der Waals surface area contributed by atoms with Crippen molar-refractivity contribution in [2.75, 3.05) is 7.11 Å². The Labute approximate surface area is 73.3 Å². The molecule has 12 heavy (non-hydrogen) atoms. The van der Waals surface area contributed by atoms with E-state index in [1.165, 1.54) is 32.8 Å². The quantitative estimate of drug-likeness (QED) is 0.589. The summed E-state index contributed by atoms with van der Waals surface area (Å²) in [7, 11) is 1.48. The van der Waals surface area contributed by atoms with Crippen molar-refractivity contribution in [3.63, 3.8) is 0 Å². The minimum absolute atomic E-state index is 0.0208. The van der Waals surface area contributed by atoms with Crippen molar-refractivity contribution in [2.45, 2.75) is 32.1 Å². The van der Waals surface area contributed by atoms with Crippen molar-refractivity contribution >= 4 is 5.97 Å². The SMILES string of the molecule is COC(=O)CC1CCCC2CC12. The summed E-state index contributed by atoms with van der Waals surface area (Å²) in [5, 5.41) is 0. The lowest BCUT2D eigenvalue weighted by atomic mass is 9.87. The molecule has 2 saturated carbocycles. The summed E-state index contributed by atoms with van der Waals surface area (Å²) < 4.78 is 4.68. The van der Waals surface area contributed by atoms with Gasteiger partial charge in [0, 0.05) is 6.42 Å². The van der Waals surface area contributed by atoms with E-state index >= 15 is 0 Å². The Hall–Kier alpha value is -0.530. The molecule has 0 bridgehead atoms. The Morgan fingerprint density at radius 3 is 3.08 bits per heavy atom. The van der Waals surface area contributed by atoms with Gasteiger partial charge in [-0.05, 0) is 30.6 Å². The molecule has 0 amide bonds. The zero-order valence-corrected chi connectivity index (χ0v) is 7.58. The molecule has 0 N–H and O–H groups in total. The molecule has 0 heterocycles. The normalized spacial score (nSPS) is 38.6. The lowest BCUT2D eigenvalue weighted by Gasteiger charge is -2.19. The van der Waals surface area contributed by atoms with Crippen molar-refractivity contribution in [2.24, 2.45) is 17.8 Å². The summed E-state index contributed by atoms with van der Waals surface area (Å²) in [6, 6.07) is 0. The maximum Gasteiger partial charge on any atom is 0.305 e. The van der Waals surface area contributed by atoms with Crippen LogP contribution in [0.25, 0.3) is 0 Å². The Kier molecular flexibility index (Phi) is 2.07. The van der Waals surface area contributed by atoms with E-state index in [0.29, 0.717) is 12.3 Å². The number of fused-ring (bicyclic) bond motifs is 1. The second kappa shape index (κ2) is 3.08. The molecular weight excluding hydrogens is 152 g/mol. The van der Waals surface area contributed by atoms with Gasteiger partial charge in [0.25, 0.3) is 0 Å². The summed E-state index contributed by atoms with van der Waals surface area (Å²) >= 11 is 0. The van der Waals surface area contributed by atoms with Gasteiger partial charge < -0.3 is 4.74 Å². The molecule has 3 atom stereocenters. The fourth-order valence-electron chi connectivity index (χ4n) is 2.59. The monoisotopic (exact) mass is 168 g/mol.